The topological polar surface area (TPSA) is 61.8 Å². The molecule has 0 saturated carbocycles. The van der Waals surface area contributed by atoms with Crippen LogP contribution < -0.4 is 15.0 Å². The standard InChI is InChI=1S/C20H21FN2O3/c1-26-18-11-12(10-17(21)19(18)24)20(25)22-13-2-4-14(5-3-13)23-15-6-7-16(23)9-8-15/h2-5,10-11,15-16,24H,6-9H2,1H3,(H,22,25). The summed E-state index contributed by atoms with van der Waals surface area (Å²) in [5, 5.41) is 12.3. The number of phenols is 1. The van der Waals surface area contributed by atoms with Crippen molar-refractivity contribution in [1.82, 2.24) is 0 Å². The number of aromatic hydroxyl groups is 1. The van der Waals surface area contributed by atoms with Gasteiger partial charge in [0.15, 0.2) is 17.3 Å². The number of amides is 1. The molecule has 0 unspecified atom stereocenters. The van der Waals surface area contributed by atoms with Crippen molar-refractivity contribution in [3.8, 4) is 11.5 Å². The highest BCUT2D eigenvalue weighted by molar-refractivity contribution is 6.04. The van der Waals surface area contributed by atoms with Crippen LogP contribution in [0.25, 0.3) is 0 Å². The summed E-state index contributed by atoms with van der Waals surface area (Å²) in [5.41, 5.74) is 1.90. The predicted molar refractivity (Wildman–Crippen MR) is 97.5 cm³/mol. The maximum absolute atomic E-state index is 13.7. The van der Waals surface area contributed by atoms with Gasteiger partial charge in [-0.3, -0.25) is 4.79 Å². The van der Waals surface area contributed by atoms with Crippen molar-refractivity contribution >= 4 is 17.3 Å². The molecule has 5 nitrogen and oxygen atoms in total. The van der Waals surface area contributed by atoms with Gasteiger partial charge in [-0.1, -0.05) is 0 Å². The van der Waals surface area contributed by atoms with Gasteiger partial charge in [-0.2, -0.15) is 0 Å². The van der Waals surface area contributed by atoms with Gasteiger partial charge in [0.25, 0.3) is 5.91 Å². The van der Waals surface area contributed by atoms with Gasteiger partial charge in [0, 0.05) is 29.0 Å². The predicted octanol–water partition coefficient (Wildman–Crippen LogP) is 3.92. The summed E-state index contributed by atoms with van der Waals surface area (Å²) in [6, 6.07) is 11.3. The molecule has 0 radical (unpaired) electrons. The number of rotatable bonds is 4. The molecular formula is C20H21FN2O3. The summed E-state index contributed by atoms with van der Waals surface area (Å²) in [5.74, 6) is -2.03. The third kappa shape index (κ3) is 2.85. The number of carbonyl (C=O) groups is 1. The normalized spacial score (nSPS) is 21.1. The number of phenolic OH excluding ortho intramolecular Hbond substituents is 1. The monoisotopic (exact) mass is 356 g/mol. The average Bonchev–Trinajstić information content (AvgIpc) is 3.25. The SMILES string of the molecule is COc1cc(C(=O)Nc2ccc(N3C4CCC3CC4)cc2)cc(F)c1O. The molecule has 136 valence electrons. The van der Waals surface area contributed by atoms with E-state index in [1.54, 1.807) is 0 Å². The lowest BCUT2D eigenvalue weighted by Crippen LogP contribution is -2.27. The third-order valence-corrected chi connectivity index (χ3v) is 5.39. The summed E-state index contributed by atoms with van der Waals surface area (Å²) in [6.45, 7) is 0. The van der Waals surface area contributed by atoms with E-state index in [-0.39, 0.29) is 11.3 Å². The molecule has 0 aliphatic carbocycles. The molecule has 2 aromatic rings. The van der Waals surface area contributed by atoms with Gasteiger partial charge in [0.1, 0.15) is 0 Å². The first-order valence-corrected chi connectivity index (χ1v) is 8.83. The third-order valence-electron chi connectivity index (χ3n) is 5.39. The number of halogens is 1. The molecular weight excluding hydrogens is 335 g/mol. The Morgan fingerprint density at radius 1 is 1.15 bits per heavy atom. The molecule has 2 aliphatic heterocycles. The number of methoxy groups -OCH3 is 1. The van der Waals surface area contributed by atoms with E-state index in [9.17, 15) is 14.3 Å². The minimum absolute atomic E-state index is 0.0741. The summed E-state index contributed by atoms with van der Waals surface area (Å²) < 4.78 is 18.6. The Bertz CT molecular complexity index is 818. The minimum Gasteiger partial charge on any atom is -0.502 e. The Morgan fingerprint density at radius 2 is 1.77 bits per heavy atom. The summed E-state index contributed by atoms with van der Waals surface area (Å²) in [6.07, 6.45) is 5.05. The molecule has 0 atom stereocenters. The van der Waals surface area contributed by atoms with Gasteiger partial charge < -0.3 is 20.1 Å². The quantitative estimate of drug-likeness (QED) is 0.872. The molecule has 2 aromatic carbocycles. The minimum atomic E-state index is -0.894. The maximum Gasteiger partial charge on any atom is 0.255 e. The molecule has 4 rings (SSSR count). The Morgan fingerprint density at radius 3 is 2.35 bits per heavy atom. The second-order valence-electron chi connectivity index (χ2n) is 6.88. The maximum atomic E-state index is 13.7. The second kappa shape index (κ2) is 6.52. The van der Waals surface area contributed by atoms with Crippen LogP contribution in [0.1, 0.15) is 36.0 Å². The van der Waals surface area contributed by atoms with Crippen LogP contribution in [0.15, 0.2) is 36.4 Å². The van der Waals surface area contributed by atoms with E-state index in [0.29, 0.717) is 17.8 Å². The highest BCUT2D eigenvalue weighted by Gasteiger charge is 2.39. The van der Waals surface area contributed by atoms with Crippen LogP contribution in [0.4, 0.5) is 15.8 Å². The summed E-state index contributed by atoms with van der Waals surface area (Å²) >= 11 is 0. The van der Waals surface area contributed by atoms with E-state index in [0.717, 1.165) is 6.07 Å². The molecule has 2 saturated heterocycles. The Labute approximate surface area is 151 Å². The van der Waals surface area contributed by atoms with Crippen LogP contribution >= 0.6 is 0 Å². The van der Waals surface area contributed by atoms with Gasteiger partial charge in [-0.15, -0.1) is 0 Å². The Kier molecular flexibility index (Phi) is 4.18. The highest BCUT2D eigenvalue weighted by atomic mass is 19.1. The highest BCUT2D eigenvalue weighted by Crippen LogP contribution is 2.41. The first-order chi connectivity index (χ1) is 12.6. The van der Waals surface area contributed by atoms with Gasteiger partial charge in [0.2, 0.25) is 0 Å². The molecule has 0 aromatic heterocycles. The van der Waals surface area contributed by atoms with Gasteiger partial charge in [-0.25, -0.2) is 4.39 Å². The number of hydrogen-bond acceptors (Lipinski definition) is 4. The number of benzene rings is 2. The average molecular weight is 356 g/mol. The summed E-state index contributed by atoms with van der Waals surface area (Å²) in [7, 11) is 1.31. The van der Waals surface area contributed by atoms with E-state index < -0.39 is 17.5 Å². The fourth-order valence-electron chi connectivity index (χ4n) is 4.12. The Hall–Kier alpha value is -2.76. The van der Waals surface area contributed by atoms with Crippen molar-refractivity contribution in [2.45, 2.75) is 37.8 Å². The first kappa shape index (κ1) is 16.7. The van der Waals surface area contributed by atoms with Crippen LogP contribution in [-0.4, -0.2) is 30.2 Å². The van der Waals surface area contributed by atoms with E-state index >= 15 is 0 Å². The lowest BCUT2D eigenvalue weighted by molar-refractivity contribution is 0.102. The van der Waals surface area contributed by atoms with Crippen molar-refractivity contribution in [3.63, 3.8) is 0 Å². The van der Waals surface area contributed by atoms with Crippen molar-refractivity contribution < 1.29 is 19.0 Å². The molecule has 2 fully saturated rings. The van der Waals surface area contributed by atoms with E-state index in [4.69, 9.17) is 4.74 Å². The van der Waals surface area contributed by atoms with E-state index in [1.165, 1.54) is 44.5 Å². The zero-order valence-electron chi connectivity index (χ0n) is 14.5. The van der Waals surface area contributed by atoms with Gasteiger partial charge in [-0.05, 0) is 62.1 Å². The van der Waals surface area contributed by atoms with Crippen LogP contribution in [-0.2, 0) is 0 Å². The van der Waals surface area contributed by atoms with E-state index in [1.807, 2.05) is 24.3 Å². The number of anilines is 2. The first-order valence-electron chi connectivity index (χ1n) is 8.83. The number of fused-ring (bicyclic) bond motifs is 2. The van der Waals surface area contributed by atoms with E-state index in [2.05, 4.69) is 10.2 Å². The molecule has 2 heterocycles. The Balaban J connectivity index is 1.49. The summed E-state index contributed by atoms with van der Waals surface area (Å²) in [4.78, 5) is 14.9. The molecule has 6 heteroatoms. The molecule has 0 spiro atoms. The molecule has 2 aliphatic rings. The fraction of sp³-hybridized carbons (Fsp3) is 0.350. The zero-order valence-corrected chi connectivity index (χ0v) is 14.5. The van der Waals surface area contributed by atoms with Crippen molar-refractivity contribution in [2.75, 3.05) is 17.3 Å². The molecule has 2 N–H and O–H groups in total. The lowest BCUT2D eigenvalue weighted by atomic mass is 10.0. The largest absolute Gasteiger partial charge is 0.502 e. The number of nitrogens with one attached hydrogen (secondary N) is 1. The van der Waals surface area contributed by atoms with Crippen molar-refractivity contribution in [1.29, 1.82) is 0 Å². The number of hydrogen-bond donors (Lipinski definition) is 2. The smallest absolute Gasteiger partial charge is 0.255 e. The molecule has 26 heavy (non-hydrogen) atoms. The van der Waals surface area contributed by atoms with Crippen molar-refractivity contribution in [3.05, 3.63) is 47.8 Å². The lowest BCUT2D eigenvalue weighted by Gasteiger charge is -2.24. The molecule has 2 bridgehead atoms. The van der Waals surface area contributed by atoms with Crippen molar-refractivity contribution in [2.24, 2.45) is 0 Å². The fourth-order valence-corrected chi connectivity index (χ4v) is 4.12. The zero-order chi connectivity index (χ0) is 18.3. The van der Waals surface area contributed by atoms with Crippen LogP contribution in [0.2, 0.25) is 0 Å². The second-order valence-corrected chi connectivity index (χ2v) is 6.88. The number of ether oxygens (including phenoxy) is 1. The molecule has 1 amide bonds. The van der Waals surface area contributed by atoms with Gasteiger partial charge >= 0.3 is 0 Å². The van der Waals surface area contributed by atoms with Gasteiger partial charge in [0.05, 0.1) is 7.11 Å². The van der Waals surface area contributed by atoms with Crippen LogP contribution in [0.3, 0.4) is 0 Å². The number of nitrogens with zero attached hydrogens (tertiary/aromatic N) is 1. The van der Waals surface area contributed by atoms with Crippen LogP contribution in [0, 0.1) is 5.82 Å². The van der Waals surface area contributed by atoms with Crippen LogP contribution in [0.5, 0.6) is 11.5 Å². The number of carbonyl (C=O) groups excluding carboxylic acids is 1.